The first-order valence-corrected chi connectivity index (χ1v) is 10.9. The van der Waals surface area contributed by atoms with E-state index in [1.54, 1.807) is 25.7 Å². The SMILES string of the molecule is CC(C)(C)OC(=O)N1CC[C@H](C(=O)N2C3CCC2CN(c2ncc(C(F)(F)F)cn2)C3)C1. The van der Waals surface area contributed by atoms with Gasteiger partial charge in [-0.05, 0) is 40.0 Å². The van der Waals surface area contributed by atoms with Crippen molar-refractivity contribution in [2.45, 2.75) is 63.9 Å². The third kappa shape index (κ3) is 4.61. The highest BCUT2D eigenvalue weighted by molar-refractivity contribution is 5.82. The summed E-state index contributed by atoms with van der Waals surface area (Å²) in [5.74, 6) is 0.0231. The highest BCUT2D eigenvalue weighted by Crippen LogP contribution is 2.35. The smallest absolute Gasteiger partial charge is 0.419 e. The number of nitrogens with zero attached hydrogens (tertiary/aromatic N) is 5. The highest BCUT2D eigenvalue weighted by atomic mass is 19.4. The largest absolute Gasteiger partial charge is 0.444 e. The van der Waals surface area contributed by atoms with Crippen molar-refractivity contribution in [3.05, 3.63) is 18.0 Å². The van der Waals surface area contributed by atoms with Crippen molar-refractivity contribution in [2.24, 2.45) is 5.92 Å². The second-order valence-corrected chi connectivity index (χ2v) is 9.72. The number of anilines is 1. The highest BCUT2D eigenvalue weighted by Gasteiger charge is 2.46. The second kappa shape index (κ2) is 8.08. The molecule has 0 spiro atoms. The molecule has 2 unspecified atom stereocenters. The summed E-state index contributed by atoms with van der Waals surface area (Å²) >= 11 is 0. The number of hydrogen-bond acceptors (Lipinski definition) is 6. The molecule has 32 heavy (non-hydrogen) atoms. The van der Waals surface area contributed by atoms with Gasteiger partial charge in [-0.15, -0.1) is 0 Å². The van der Waals surface area contributed by atoms with Crippen molar-refractivity contribution in [1.29, 1.82) is 0 Å². The van der Waals surface area contributed by atoms with E-state index in [4.69, 9.17) is 4.74 Å². The molecule has 3 aliphatic rings. The summed E-state index contributed by atoms with van der Waals surface area (Å²) in [4.78, 5) is 38.8. The predicted molar refractivity (Wildman–Crippen MR) is 109 cm³/mol. The number of amides is 2. The molecule has 0 aromatic carbocycles. The van der Waals surface area contributed by atoms with E-state index in [9.17, 15) is 22.8 Å². The summed E-state index contributed by atoms with van der Waals surface area (Å²) in [5.41, 5.74) is -1.47. The summed E-state index contributed by atoms with van der Waals surface area (Å²) < 4.78 is 43.7. The maximum Gasteiger partial charge on any atom is 0.419 e. The van der Waals surface area contributed by atoms with E-state index < -0.39 is 23.4 Å². The van der Waals surface area contributed by atoms with Gasteiger partial charge < -0.3 is 19.4 Å². The van der Waals surface area contributed by atoms with Gasteiger partial charge in [-0.3, -0.25) is 4.79 Å². The van der Waals surface area contributed by atoms with Gasteiger partial charge in [0, 0.05) is 50.7 Å². The molecule has 4 rings (SSSR count). The summed E-state index contributed by atoms with van der Waals surface area (Å²) in [5, 5.41) is 0. The summed E-state index contributed by atoms with van der Waals surface area (Å²) in [6.45, 7) is 7.21. The third-order valence-electron chi connectivity index (χ3n) is 6.17. The van der Waals surface area contributed by atoms with Crippen molar-refractivity contribution in [3.8, 4) is 0 Å². The fraction of sp³-hybridized carbons (Fsp3) is 0.714. The standard InChI is InChI=1S/C21H28F3N5O3/c1-20(2,3)32-19(31)27-7-6-13(10-27)17(30)29-15-4-5-16(29)12-28(11-15)18-25-8-14(9-26-18)21(22,23)24/h8-9,13,15-16H,4-7,10-12H2,1-3H3/t13-,15?,16?/m0/s1. The minimum atomic E-state index is -4.48. The Morgan fingerprint density at radius 2 is 1.59 bits per heavy atom. The molecule has 11 heteroatoms. The van der Waals surface area contributed by atoms with Crippen LogP contribution in [0.1, 0.15) is 45.6 Å². The van der Waals surface area contributed by atoms with Crippen LogP contribution in [0.2, 0.25) is 0 Å². The number of carbonyl (C=O) groups is 2. The molecule has 0 aliphatic carbocycles. The van der Waals surface area contributed by atoms with Crippen LogP contribution in [0.4, 0.5) is 23.9 Å². The van der Waals surface area contributed by atoms with Gasteiger partial charge in [0.05, 0.1) is 11.5 Å². The monoisotopic (exact) mass is 455 g/mol. The molecule has 3 fully saturated rings. The number of rotatable bonds is 2. The average molecular weight is 455 g/mol. The fourth-order valence-corrected chi connectivity index (χ4v) is 4.72. The number of alkyl halides is 3. The van der Waals surface area contributed by atoms with Crippen LogP contribution in [-0.4, -0.2) is 75.6 Å². The van der Waals surface area contributed by atoms with Crippen molar-refractivity contribution < 1.29 is 27.5 Å². The molecule has 0 N–H and O–H groups in total. The van der Waals surface area contributed by atoms with Gasteiger partial charge in [-0.2, -0.15) is 13.2 Å². The molecule has 3 atom stereocenters. The molecule has 1 aromatic rings. The van der Waals surface area contributed by atoms with Gasteiger partial charge >= 0.3 is 12.3 Å². The molecule has 2 bridgehead atoms. The van der Waals surface area contributed by atoms with Gasteiger partial charge in [-0.1, -0.05) is 0 Å². The minimum Gasteiger partial charge on any atom is -0.444 e. The molecule has 4 heterocycles. The zero-order valence-electron chi connectivity index (χ0n) is 18.4. The van der Waals surface area contributed by atoms with Crippen LogP contribution < -0.4 is 4.90 Å². The molecule has 3 aliphatic heterocycles. The van der Waals surface area contributed by atoms with Gasteiger partial charge in [0.1, 0.15) is 5.60 Å². The van der Waals surface area contributed by atoms with Crippen LogP contribution in [0.25, 0.3) is 0 Å². The van der Waals surface area contributed by atoms with E-state index in [-0.39, 0.29) is 29.9 Å². The van der Waals surface area contributed by atoms with Crippen LogP contribution in [-0.2, 0) is 15.7 Å². The Hall–Kier alpha value is -2.59. The molecule has 3 saturated heterocycles. The lowest BCUT2D eigenvalue weighted by Crippen LogP contribution is -2.57. The average Bonchev–Trinajstić information content (AvgIpc) is 3.29. The Kier molecular flexibility index (Phi) is 5.70. The number of ether oxygens (including phenoxy) is 1. The Bertz CT molecular complexity index is 857. The van der Waals surface area contributed by atoms with Crippen LogP contribution >= 0.6 is 0 Å². The molecular formula is C21H28F3N5O3. The van der Waals surface area contributed by atoms with Crippen LogP contribution in [0, 0.1) is 5.92 Å². The van der Waals surface area contributed by atoms with Gasteiger partial charge in [-0.25, -0.2) is 14.8 Å². The number of carbonyl (C=O) groups excluding carboxylic acids is 2. The molecule has 2 amide bonds. The molecular weight excluding hydrogens is 427 g/mol. The lowest BCUT2D eigenvalue weighted by molar-refractivity contribution is -0.139. The van der Waals surface area contributed by atoms with E-state index in [0.717, 1.165) is 25.2 Å². The third-order valence-corrected chi connectivity index (χ3v) is 6.17. The summed E-state index contributed by atoms with van der Waals surface area (Å²) in [6.07, 6.45) is -1.03. The van der Waals surface area contributed by atoms with E-state index in [1.807, 2.05) is 9.80 Å². The Morgan fingerprint density at radius 1 is 1.00 bits per heavy atom. The summed E-state index contributed by atoms with van der Waals surface area (Å²) in [7, 11) is 0. The topological polar surface area (TPSA) is 78.9 Å². The number of piperazine rings is 1. The maximum atomic E-state index is 13.3. The van der Waals surface area contributed by atoms with Gasteiger partial charge in [0.2, 0.25) is 11.9 Å². The Labute approximate surface area is 184 Å². The summed E-state index contributed by atoms with van der Waals surface area (Å²) in [6, 6.07) is -0.0783. The minimum absolute atomic E-state index is 0.0385. The van der Waals surface area contributed by atoms with Gasteiger partial charge in [0.15, 0.2) is 0 Å². The lowest BCUT2D eigenvalue weighted by Gasteiger charge is -2.42. The number of halogens is 3. The van der Waals surface area contributed by atoms with E-state index in [1.165, 1.54) is 0 Å². The molecule has 0 radical (unpaired) electrons. The van der Waals surface area contributed by atoms with Crippen LogP contribution in [0.15, 0.2) is 12.4 Å². The van der Waals surface area contributed by atoms with Crippen LogP contribution in [0.3, 0.4) is 0 Å². The number of fused-ring (bicyclic) bond motifs is 2. The first-order chi connectivity index (χ1) is 14.9. The zero-order valence-corrected chi connectivity index (χ0v) is 18.4. The fourth-order valence-electron chi connectivity index (χ4n) is 4.72. The van der Waals surface area contributed by atoms with E-state index in [0.29, 0.717) is 32.6 Å². The number of hydrogen-bond donors (Lipinski definition) is 0. The molecule has 1 aromatic heterocycles. The predicted octanol–water partition coefficient (Wildman–Crippen LogP) is 2.93. The molecule has 176 valence electrons. The number of aromatic nitrogens is 2. The van der Waals surface area contributed by atoms with Crippen LogP contribution in [0.5, 0.6) is 0 Å². The first-order valence-electron chi connectivity index (χ1n) is 10.9. The zero-order chi connectivity index (χ0) is 23.3. The van der Waals surface area contributed by atoms with Gasteiger partial charge in [0.25, 0.3) is 0 Å². The second-order valence-electron chi connectivity index (χ2n) is 9.72. The number of likely N-dealkylation sites (tertiary alicyclic amines) is 1. The Morgan fingerprint density at radius 3 is 2.12 bits per heavy atom. The Balaban J connectivity index is 1.38. The van der Waals surface area contributed by atoms with E-state index in [2.05, 4.69) is 9.97 Å². The van der Waals surface area contributed by atoms with Crippen molar-refractivity contribution in [1.82, 2.24) is 19.8 Å². The van der Waals surface area contributed by atoms with Crippen molar-refractivity contribution >= 4 is 17.9 Å². The molecule has 0 saturated carbocycles. The lowest BCUT2D eigenvalue weighted by atomic mass is 10.0. The van der Waals surface area contributed by atoms with Crippen molar-refractivity contribution in [2.75, 3.05) is 31.1 Å². The molecule has 8 nitrogen and oxygen atoms in total. The first kappa shape index (κ1) is 22.6. The van der Waals surface area contributed by atoms with E-state index >= 15 is 0 Å². The normalized spacial score (nSPS) is 25.9. The maximum absolute atomic E-state index is 13.3. The quantitative estimate of drug-likeness (QED) is 0.683. The van der Waals surface area contributed by atoms with Crippen molar-refractivity contribution in [3.63, 3.8) is 0 Å².